The minimum Gasteiger partial charge on any atom is -0.455 e. The molecule has 2 aromatic carbocycles. The second-order valence-electron chi connectivity index (χ2n) is 8.65. The standard InChI is InChI=1S/C25H21BrN8O3/c1-3-18-28-24-21(25(36)27-11-19(35)33(24)2)34(18)12-13-8-9-17-16(10-13)20(26)22(37-17)14-6-4-5-7-15(14)23-29-31-32-30-23/h4-10H,3,11-12H2,1-2H3,(H,27,36)(H,29,30,31,32). The van der Waals surface area contributed by atoms with Crippen LogP contribution in [0.1, 0.15) is 28.8 Å². The normalized spacial score (nSPS) is 13.6. The van der Waals surface area contributed by atoms with E-state index in [0.717, 1.165) is 32.4 Å². The number of aromatic amines is 1. The van der Waals surface area contributed by atoms with Crippen molar-refractivity contribution in [2.24, 2.45) is 0 Å². The van der Waals surface area contributed by atoms with Gasteiger partial charge in [0.25, 0.3) is 5.91 Å². The number of nitrogens with one attached hydrogen (secondary N) is 2. The lowest BCUT2D eigenvalue weighted by Gasteiger charge is -2.12. The maximum absolute atomic E-state index is 12.9. The summed E-state index contributed by atoms with van der Waals surface area (Å²) in [4.78, 5) is 31.3. The van der Waals surface area contributed by atoms with Gasteiger partial charge in [0.05, 0.1) is 11.0 Å². The van der Waals surface area contributed by atoms with Gasteiger partial charge < -0.3 is 14.3 Å². The molecule has 0 aliphatic carbocycles. The van der Waals surface area contributed by atoms with Gasteiger partial charge in [0.1, 0.15) is 17.2 Å². The van der Waals surface area contributed by atoms with Gasteiger partial charge in [-0.2, -0.15) is 0 Å². The lowest BCUT2D eigenvalue weighted by molar-refractivity contribution is -0.117. The van der Waals surface area contributed by atoms with Crippen LogP contribution < -0.4 is 10.2 Å². The van der Waals surface area contributed by atoms with Gasteiger partial charge in [0, 0.05) is 36.5 Å². The number of furan rings is 1. The number of H-pyrrole nitrogens is 1. The maximum atomic E-state index is 12.9. The summed E-state index contributed by atoms with van der Waals surface area (Å²) in [5.74, 6) is 1.78. The van der Waals surface area contributed by atoms with Crippen molar-refractivity contribution in [2.75, 3.05) is 18.5 Å². The molecule has 5 aromatic rings. The van der Waals surface area contributed by atoms with Gasteiger partial charge in [-0.05, 0) is 44.1 Å². The van der Waals surface area contributed by atoms with Gasteiger partial charge in [-0.15, -0.1) is 5.10 Å². The molecule has 2 N–H and O–H groups in total. The van der Waals surface area contributed by atoms with Crippen LogP contribution in [0.15, 0.2) is 51.4 Å². The number of nitrogens with zero attached hydrogens (tertiary/aromatic N) is 6. The number of carbonyl (C=O) groups is 2. The molecule has 186 valence electrons. The topological polar surface area (TPSA) is 135 Å². The molecule has 1 aliphatic heterocycles. The molecule has 1 aliphatic rings. The lowest BCUT2D eigenvalue weighted by atomic mass is 10.0. The van der Waals surface area contributed by atoms with Crippen LogP contribution in [0.2, 0.25) is 0 Å². The first-order valence-corrected chi connectivity index (χ1v) is 12.4. The van der Waals surface area contributed by atoms with Crippen molar-refractivity contribution in [3.05, 3.63) is 64.0 Å². The number of rotatable bonds is 5. The Kier molecular flexibility index (Phi) is 5.60. The highest BCUT2D eigenvalue weighted by Gasteiger charge is 2.31. The molecule has 4 heterocycles. The van der Waals surface area contributed by atoms with Crippen LogP contribution in [0.4, 0.5) is 5.82 Å². The summed E-state index contributed by atoms with van der Waals surface area (Å²) in [5, 5.41) is 17.8. The molecule has 12 heteroatoms. The van der Waals surface area contributed by atoms with E-state index < -0.39 is 0 Å². The number of carbonyl (C=O) groups excluding carboxylic acids is 2. The molecule has 0 saturated carbocycles. The highest BCUT2D eigenvalue weighted by Crippen LogP contribution is 2.41. The Labute approximate surface area is 219 Å². The summed E-state index contributed by atoms with van der Waals surface area (Å²) in [6.45, 7) is 2.32. The molecule has 2 amide bonds. The van der Waals surface area contributed by atoms with E-state index in [2.05, 4.69) is 46.9 Å². The molecule has 0 atom stereocenters. The molecule has 0 bridgehead atoms. The second kappa shape index (κ2) is 8.96. The van der Waals surface area contributed by atoms with Crippen LogP contribution >= 0.6 is 15.9 Å². The summed E-state index contributed by atoms with van der Waals surface area (Å²) < 4.78 is 8.93. The van der Waals surface area contributed by atoms with Crippen molar-refractivity contribution >= 4 is 44.5 Å². The summed E-state index contributed by atoms with van der Waals surface area (Å²) in [7, 11) is 1.64. The van der Waals surface area contributed by atoms with Crippen LogP contribution in [-0.2, 0) is 17.8 Å². The third-order valence-corrected chi connectivity index (χ3v) is 7.24. The number of aromatic nitrogens is 6. The number of likely N-dealkylation sites (N-methyl/N-ethyl adjacent to an activating group) is 1. The van der Waals surface area contributed by atoms with E-state index >= 15 is 0 Å². The first-order chi connectivity index (χ1) is 18.0. The van der Waals surface area contributed by atoms with Gasteiger partial charge in [-0.3, -0.25) is 14.5 Å². The van der Waals surface area contributed by atoms with Crippen molar-refractivity contribution in [3.8, 4) is 22.7 Å². The molecular weight excluding hydrogens is 540 g/mol. The summed E-state index contributed by atoms with van der Waals surface area (Å²) >= 11 is 3.74. The highest BCUT2D eigenvalue weighted by atomic mass is 79.9. The van der Waals surface area contributed by atoms with E-state index in [4.69, 9.17) is 4.42 Å². The van der Waals surface area contributed by atoms with Crippen LogP contribution in [0.5, 0.6) is 0 Å². The van der Waals surface area contributed by atoms with E-state index in [1.54, 1.807) is 7.05 Å². The predicted molar refractivity (Wildman–Crippen MR) is 139 cm³/mol. The molecule has 0 radical (unpaired) electrons. The summed E-state index contributed by atoms with van der Waals surface area (Å²) in [6, 6.07) is 13.6. The Bertz CT molecular complexity index is 1670. The van der Waals surface area contributed by atoms with Gasteiger partial charge >= 0.3 is 0 Å². The first-order valence-electron chi connectivity index (χ1n) is 11.6. The average molecular weight is 561 g/mol. The molecule has 11 nitrogen and oxygen atoms in total. The fourth-order valence-electron chi connectivity index (χ4n) is 4.59. The van der Waals surface area contributed by atoms with Gasteiger partial charge in [0.15, 0.2) is 17.3 Å². The van der Waals surface area contributed by atoms with Crippen molar-refractivity contribution in [1.29, 1.82) is 0 Å². The van der Waals surface area contributed by atoms with Gasteiger partial charge in [0.2, 0.25) is 5.91 Å². The number of imidazole rings is 1. The molecule has 6 rings (SSSR count). The fraction of sp³-hybridized carbons (Fsp3) is 0.200. The molecule has 37 heavy (non-hydrogen) atoms. The SMILES string of the molecule is CCc1nc2c(n1Cc1ccc3oc(-c4ccccc4-c4nnn[nH]4)c(Br)c3c1)C(=O)NCC(=O)N2C. The number of amides is 2. The zero-order chi connectivity index (χ0) is 25.7. The van der Waals surface area contributed by atoms with Crippen molar-refractivity contribution in [1.82, 2.24) is 35.5 Å². The fourth-order valence-corrected chi connectivity index (χ4v) is 5.19. The van der Waals surface area contributed by atoms with Gasteiger partial charge in [-0.1, -0.05) is 37.3 Å². The number of aryl methyl sites for hydroxylation is 1. The number of hydrogen-bond acceptors (Lipinski definition) is 7. The van der Waals surface area contributed by atoms with E-state index in [0.29, 0.717) is 41.6 Å². The predicted octanol–water partition coefficient (Wildman–Crippen LogP) is 3.56. The average Bonchev–Trinajstić information content (AvgIpc) is 3.63. The Hall–Kier alpha value is -4.32. The van der Waals surface area contributed by atoms with Crippen LogP contribution in [-0.4, -0.2) is 55.6 Å². The number of anilines is 1. The van der Waals surface area contributed by atoms with Gasteiger partial charge in [-0.25, -0.2) is 10.1 Å². The quantitative estimate of drug-likeness (QED) is 0.335. The monoisotopic (exact) mass is 560 g/mol. The number of hydrogen-bond donors (Lipinski definition) is 2. The third kappa shape index (κ3) is 3.80. The van der Waals surface area contributed by atoms with Crippen LogP contribution in [0.25, 0.3) is 33.7 Å². The maximum Gasteiger partial charge on any atom is 0.272 e. The highest BCUT2D eigenvalue weighted by molar-refractivity contribution is 9.10. The van der Waals surface area contributed by atoms with E-state index in [9.17, 15) is 9.59 Å². The number of halogens is 1. The van der Waals surface area contributed by atoms with Crippen LogP contribution in [0, 0.1) is 0 Å². The zero-order valence-corrected chi connectivity index (χ0v) is 21.5. The molecule has 0 unspecified atom stereocenters. The van der Waals surface area contributed by atoms with E-state index in [1.807, 2.05) is 54.0 Å². The summed E-state index contributed by atoms with van der Waals surface area (Å²) in [6.07, 6.45) is 0.609. The Morgan fingerprint density at radius 3 is 2.70 bits per heavy atom. The molecule has 3 aromatic heterocycles. The molecule has 0 saturated heterocycles. The van der Waals surface area contributed by atoms with E-state index in [1.165, 1.54) is 4.90 Å². The minimum atomic E-state index is -0.314. The Balaban J connectivity index is 1.43. The van der Waals surface area contributed by atoms with Crippen LogP contribution in [0.3, 0.4) is 0 Å². The number of fused-ring (bicyclic) bond motifs is 2. The molecular formula is C25H21BrN8O3. The Morgan fingerprint density at radius 2 is 1.95 bits per heavy atom. The lowest BCUT2D eigenvalue weighted by Crippen LogP contribution is -2.34. The largest absolute Gasteiger partial charge is 0.455 e. The Morgan fingerprint density at radius 1 is 1.14 bits per heavy atom. The van der Waals surface area contributed by atoms with E-state index in [-0.39, 0.29) is 18.4 Å². The minimum absolute atomic E-state index is 0.0601. The van der Waals surface area contributed by atoms with Crippen molar-refractivity contribution in [2.45, 2.75) is 19.9 Å². The van der Waals surface area contributed by atoms with Crippen molar-refractivity contribution < 1.29 is 14.0 Å². The summed E-state index contributed by atoms with van der Waals surface area (Å²) in [5.41, 5.74) is 3.69. The zero-order valence-electron chi connectivity index (χ0n) is 19.9. The number of benzene rings is 2. The number of tetrazole rings is 1. The smallest absolute Gasteiger partial charge is 0.272 e. The second-order valence-corrected chi connectivity index (χ2v) is 9.44. The first kappa shape index (κ1) is 23.1. The molecule has 0 fully saturated rings. The third-order valence-electron chi connectivity index (χ3n) is 6.46. The van der Waals surface area contributed by atoms with Crippen molar-refractivity contribution in [3.63, 3.8) is 0 Å². The molecule has 0 spiro atoms.